The fourth-order valence-electron chi connectivity index (χ4n) is 1.17. The van der Waals surface area contributed by atoms with Crippen molar-refractivity contribution in [2.75, 3.05) is 11.5 Å². The lowest BCUT2D eigenvalue weighted by atomic mass is 10.5. The number of nitrogens with two attached hydrogens (primary N) is 1. The third-order valence-electron chi connectivity index (χ3n) is 1.82. The number of aliphatic hydroxyl groups is 1. The van der Waals surface area contributed by atoms with Crippen molar-refractivity contribution in [1.82, 2.24) is 9.55 Å². The lowest BCUT2D eigenvalue weighted by Gasteiger charge is -2.11. The molecule has 0 aromatic carbocycles. The molecule has 0 aliphatic carbocycles. The Morgan fingerprint density at radius 1 is 1.79 bits per heavy atom. The van der Waals surface area contributed by atoms with Crippen molar-refractivity contribution in [1.29, 1.82) is 0 Å². The molecule has 0 bridgehead atoms. The molecule has 2 unspecified atom stereocenters. The normalized spacial score (nSPS) is 26.6. The highest BCUT2D eigenvalue weighted by Gasteiger charge is 2.26. The zero-order valence-electron chi connectivity index (χ0n) is 7.16. The molecule has 2 atom stereocenters. The van der Waals surface area contributed by atoms with Gasteiger partial charge in [0.15, 0.2) is 6.23 Å². The fraction of sp³-hybridized carbons (Fsp3) is 0.429. The lowest BCUT2D eigenvalue weighted by Crippen LogP contribution is -2.28. The van der Waals surface area contributed by atoms with Gasteiger partial charge in [0.1, 0.15) is 5.82 Å². The van der Waals surface area contributed by atoms with E-state index in [1.165, 1.54) is 28.6 Å². The molecule has 0 amide bonds. The molecule has 0 spiro atoms. The summed E-state index contributed by atoms with van der Waals surface area (Å²) < 4.78 is 6.37. The number of aromatic nitrogens is 2. The molecule has 1 saturated heterocycles. The Balaban J connectivity index is 2.29. The maximum absolute atomic E-state index is 11.3. The van der Waals surface area contributed by atoms with Gasteiger partial charge in [0.05, 0.1) is 0 Å². The van der Waals surface area contributed by atoms with Crippen molar-refractivity contribution in [3.8, 4) is 0 Å². The molecule has 0 saturated carbocycles. The first kappa shape index (κ1) is 9.50. The van der Waals surface area contributed by atoms with E-state index in [-0.39, 0.29) is 5.82 Å². The van der Waals surface area contributed by atoms with E-state index in [1.54, 1.807) is 0 Å². The van der Waals surface area contributed by atoms with Crippen LogP contribution in [-0.2, 0) is 4.74 Å². The van der Waals surface area contributed by atoms with Gasteiger partial charge in [-0.25, -0.2) is 4.79 Å². The van der Waals surface area contributed by atoms with Crippen molar-refractivity contribution in [2.45, 2.75) is 11.8 Å². The van der Waals surface area contributed by atoms with E-state index in [2.05, 4.69) is 4.98 Å². The van der Waals surface area contributed by atoms with Crippen molar-refractivity contribution in [3.63, 3.8) is 0 Å². The highest BCUT2D eigenvalue weighted by molar-refractivity contribution is 7.99. The monoisotopic (exact) mass is 215 g/mol. The van der Waals surface area contributed by atoms with Gasteiger partial charge in [-0.3, -0.25) is 4.57 Å². The van der Waals surface area contributed by atoms with Gasteiger partial charge >= 0.3 is 5.69 Å². The lowest BCUT2D eigenvalue weighted by molar-refractivity contribution is -0.0839. The number of rotatable bonds is 1. The summed E-state index contributed by atoms with van der Waals surface area (Å²) in [6.07, 6.45) is 1.05. The molecule has 2 heterocycles. The average Bonchev–Trinajstić information content (AvgIpc) is 2.51. The molecular formula is C7H9N3O3S. The molecule has 76 valence electrons. The molecule has 1 aliphatic rings. The second-order valence-corrected chi connectivity index (χ2v) is 3.84. The van der Waals surface area contributed by atoms with E-state index in [9.17, 15) is 4.79 Å². The molecule has 1 fully saturated rings. The van der Waals surface area contributed by atoms with Gasteiger partial charge in [0, 0.05) is 11.9 Å². The van der Waals surface area contributed by atoms with Crippen LogP contribution in [0.25, 0.3) is 0 Å². The number of thioether (sulfide) groups is 1. The van der Waals surface area contributed by atoms with Crippen molar-refractivity contribution < 1.29 is 9.84 Å². The first-order chi connectivity index (χ1) is 6.66. The van der Waals surface area contributed by atoms with E-state index >= 15 is 0 Å². The second kappa shape index (κ2) is 3.60. The molecule has 2 rings (SSSR count). The minimum Gasteiger partial charge on any atom is -0.383 e. The van der Waals surface area contributed by atoms with Crippen LogP contribution in [0.2, 0.25) is 0 Å². The molecule has 6 nitrogen and oxygen atoms in total. The molecule has 1 aromatic heterocycles. The summed E-state index contributed by atoms with van der Waals surface area (Å²) in [7, 11) is 0. The Hall–Kier alpha value is -1.05. The maximum Gasteiger partial charge on any atom is 0.351 e. The van der Waals surface area contributed by atoms with Gasteiger partial charge in [0.2, 0.25) is 5.62 Å². The van der Waals surface area contributed by atoms with Crippen LogP contribution >= 0.6 is 11.8 Å². The Morgan fingerprint density at radius 3 is 3.14 bits per heavy atom. The topological polar surface area (TPSA) is 90.4 Å². The first-order valence-corrected chi connectivity index (χ1v) is 5.01. The van der Waals surface area contributed by atoms with Crippen molar-refractivity contribution in [2.24, 2.45) is 0 Å². The first-order valence-electron chi connectivity index (χ1n) is 3.96. The molecule has 3 N–H and O–H groups in total. The van der Waals surface area contributed by atoms with E-state index in [0.29, 0.717) is 5.75 Å². The quantitative estimate of drug-likeness (QED) is 0.647. The van der Waals surface area contributed by atoms with E-state index < -0.39 is 17.5 Å². The summed E-state index contributed by atoms with van der Waals surface area (Å²) >= 11 is 1.23. The Morgan fingerprint density at radius 2 is 2.57 bits per heavy atom. The van der Waals surface area contributed by atoms with Crippen molar-refractivity contribution >= 4 is 17.6 Å². The van der Waals surface area contributed by atoms with Crippen LogP contribution in [0.4, 0.5) is 5.82 Å². The predicted molar refractivity (Wildman–Crippen MR) is 51.5 cm³/mol. The van der Waals surface area contributed by atoms with E-state index in [4.69, 9.17) is 15.6 Å². The van der Waals surface area contributed by atoms with Crippen LogP contribution in [-0.4, -0.2) is 26.0 Å². The van der Waals surface area contributed by atoms with Crippen LogP contribution in [0, 0.1) is 0 Å². The van der Waals surface area contributed by atoms with E-state index in [1.807, 2.05) is 0 Å². The largest absolute Gasteiger partial charge is 0.383 e. The zero-order valence-corrected chi connectivity index (χ0v) is 7.98. The number of ether oxygens (including phenoxy) is 1. The zero-order chi connectivity index (χ0) is 10.1. The number of hydrogen-bond acceptors (Lipinski definition) is 6. The summed E-state index contributed by atoms with van der Waals surface area (Å²) in [5.74, 6) is 0.699. The fourth-order valence-corrected chi connectivity index (χ4v) is 1.94. The molecule has 1 aromatic rings. The van der Waals surface area contributed by atoms with Crippen molar-refractivity contribution in [3.05, 3.63) is 22.7 Å². The summed E-state index contributed by atoms with van der Waals surface area (Å²) in [4.78, 5) is 14.9. The molecule has 1 aliphatic heterocycles. The average molecular weight is 215 g/mol. The molecule has 14 heavy (non-hydrogen) atoms. The molecular weight excluding hydrogens is 206 g/mol. The summed E-state index contributed by atoms with van der Waals surface area (Å²) in [6.45, 7) is 0. The number of aliphatic hydroxyl groups excluding tert-OH is 1. The smallest absolute Gasteiger partial charge is 0.351 e. The van der Waals surface area contributed by atoms with E-state index in [0.717, 1.165) is 0 Å². The SMILES string of the molecule is Nc1ccn(C2CSC(O)O2)c(=O)n1. The maximum atomic E-state index is 11.3. The standard InChI is InChI=1S/C7H9N3O3S/c8-4-1-2-10(6(11)9-4)5-3-14-7(12)13-5/h1-2,5,7,12H,3H2,(H2,8,9,11). The van der Waals surface area contributed by atoms with Crippen LogP contribution in [0.3, 0.4) is 0 Å². The molecule has 7 heteroatoms. The third-order valence-corrected chi connectivity index (χ3v) is 2.69. The molecule has 0 radical (unpaired) electrons. The minimum absolute atomic E-state index is 0.178. The second-order valence-electron chi connectivity index (χ2n) is 2.77. The van der Waals surface area contributed by atoms with Crippen LogP contribution in [0.15, 0.2) is 17.1 Å². The predicted octanol–water partition coefficient (Wildman–Crippen LogP) is -0.637. The number of nitrogens with zero attached hydrogens (tertiary/aromatic N) is 2. The number of anilines is 1. The third kappa shape index (κ3) is 1.74. The number of nitrogen functional groups attached to an aromatic ring is 1. The Labute approximate surface area is 83.7 Å². The minimum atomic E-state index is -0.871. The van der Waals surface area contributed by atoms with Gasteiger partial charge < -0.3 is 15.6 Å². The number of hydrogen-bond donors (Lipinski definition) is 2. The van der Waals surface area contributed by atoms with Gasteiger partial charge in [-0.1, -0.05) is 11.8 Å². The highest BCUT2D eigenvalue weighted by atomic mass is 32.2. The Bertz CT molecular complexity index is 394. The van der Waals surface area contributed by atoms with Gasteiger partial charge in [-0.05, 0) is 6.07 Å². The summed E-state index contributed by atoms with van der Waals surface area (Å²) in [6, 6.07) is 1.51. The van der Waals surface area contributed by atoms with Gasteiger partial charge in [0.25, 0.3) is 0 Å². The van der Waals surface area contributed by atoms with Gasteiger partial charge in [-0.2, -0.15) is 4.98 Å². The highest BCUT2D eigenvalue weighted by Crippen LogP contribution is 2.28. The van der Waals surface area contributed by atoms with Crippen LogP contribution in [0.5, 0.6) is 0 Å². The van der Waals surface area contributed by atoms with Crippen LogP contribution < -0.4 is 11.4 Å². The van der Waals surface area contributed by atoms with Gasteiger partial charge in [-0.15, -0.1) is 0 Å². The summed E-state index contributed by atoms with van der Waals surface area (Å²) in [5.41, 5.74) is 3.99. The van der Waals surface area contributed by atoms with Crippen LogP contribution in [0.1, 0.15) is 6.23 Å². The Kier molecular flexibility index (Phi) is 2.44. The summed E-state index contributed by atoms with van der Waals surface area (Å²) in [5, 5.41) is 9.09.